The second-order valence-corrected chi connectivity index (χ2v) is 6.91. The Bertz CT molecular complexity index is 659. The number of nitrogens with one attached hydrogen (secondary N) is 1. The number of likely N-dealkylation sites (tertiary alicyclic amines) is 1. The van der Waals surface area contributed by atoms with Crippen molar-refractivity contribution >= 4 is 17.8 Å². The van der Waals surface area contributed by atoms with Crippen molar-refractivity contribution in [2.75, 3.05) is 19.7 Å². The van der Waals surface area contributed by atoms with Gasteiger partial charge in [0.1, 0.15) is 5.75 Å². The van der Waals surface area contributed by atoms with Crippen LogP contribution in [0.3, 0.4) is 0 Å². The van der Waals surface area contributed by atoms with Crippen molar-refractivity contribution in [3.63, 3.8) is 0 Å². The van der Waals surface area contributed by atoms with E-state index in [-0.39, 0.29) is 30.4 Å². The molecule has 0 radical (unpaired) electrons. The van der Waals surface area contributed by atoms with E-state index in [0.29, 0.717) is 18.7 Å². The van der Waals surface area contributed by atoms with Crippen molar-refractivity contribution < 1.29 is 24.2 Å². The van der Waals surface area contributed by atoms with E-state index < -0.39 is 5.97 Å². The molecule has 2 amide bonds. The van der Waals surface area contributed by atoms with Crippen LogP contribution in [0.5, 0.6) is 5.75 Å². The summed E-state index contributed by atoms with van der Waals surface area (Å²) in [5, 5.41) is 11.6. The zero-order valence-corrected chi connectivity index (χ0v) is 15.9. The molecule has 0 saturated carbocycles. The van der Waals surface area contributed by atoms with Crippen molar-refractivity contribution in [1.29, 1.82) is 0 Å². The number of benzene rings is 1. The van der Waals surface area contributed by atoms with E-state index in [0.717, 1.165) is 31.4 Å². The number of aliphatic carboxylic acids is 1. The predicted octanol–water partition coefficient (Wildman–Crippen LogP) is 2.37. The van der Waals surface area contributed by atoms with Gasteiger partial charge in [0.05, 0.1) is 12.0 Å². The molecular weight excluding hydrogens is 348 g/mol. The molecule has 0 bridgehead atoms. The molecule has 1 aromatic carbocycles. The maximum atomic E-state index is 12.6. The first kappa shape index (κ1) is 20.7. The van der Waals surface area contributed by atoms with Crippen LogP contribution in [-0.4, -0.2) is 47.5 Å². The molecule has 1 aromatic rings. The number of carbonyl (C=O) groups excluding carboxylic acids is 2. The number of carbonyl (C=O) groups is 3. The standard InChI is InChI=1S/C20H28N2O5/c1-3-5-18(23)22-11-4-6-16(12-22)20(26)21-14(2)15-7-9-17(10-8-15)27-13-19(24)25/h7-10,14,16H,3-6,11-13H2,1-2H3,(H,21,26)(H,24,25). The average molecular weight is 376 g/mol. The van der Waals surface area contributed by atoms with Gasteiger partial charge in [-0.1, -0.05) is 19.1 Å². The summed E-state index contributed by atoms with van der Waals surface area (Å²) in [5.41, 5.74) is 0.903. The lowest BCUT2D eigenvalue weighted by Gasteiger charge is -2.32. The monoisotopic (exact) mass is 376 g/mol. The highest BCUT2D eigenvalue weighted by Gasteiger charge is 2.28. The molecule has 0 aliphatic carbocycles. The summed E-state index contributed by atoms with van der Waals surface area (Å²) in [5.74, 6) is -0.654. The van der Waals surface area contributed by atoms with Gasteiger partial charge in [-0.05, 0) is 43.9 Å². The van der Waals surface area contributed by atoms with Gasteiger partial charge in [-0.25, -0.2) is 4.79 Å². The Morgan fingerprint density at radius 3 is 2.63 bits per heavy atom. The Hall–Kier alpha value is -2.57. The lowest BCUT2D eigenvalue weighted by atomic mass is 9.96. The third-order valence-electron chi connectivity index (χ3n) is 4.71. The summed E-state index contributed by atoms with van der Waals surface area (Å²) in [6.45, 7) is 4.70. The van der Waals surface area contributed by atoms with Crippen LogP contribution in [-0.2, 0) is 14.4 Å². The highest BCUT2D eigenvalue weighted by molar-refractivity contribution is 5.81. The van der Waals surface area contributed by atoms with E-state index in [2.05, 4.69) is 5.32 Å². The molecular formula is C20H28N2O5. The van der Waals surface area contributed by atoms with Crippen molar-refractivity contribution in [2.45, 2.75) is 45.6 Å². The molecule has 1 aliphatic rings. The fraction of sp³-hybridized carbons (Fsp3) is 0.550. The molecule has 7 heteroatoms. The van der Waals surface area contributed by atoms with Crippen LogP contribution in [0.2, 0.25) is 0 Å². The summed E-state index contributed by atoms with van der Waals surface area (Å²) >= 11 is 0. The number of carboxylic acids is 1. The molecule has 148 valence electrons. The Balaban J connectivity index is 1.88. The number of rotatable bonds is 8. The number of hydrogen-bond acceptors (Lipinski definition) is 4. The molecule has 2 N–H and O–H groups in total. The Morgan fingerprint density at radius 2 is 2.00 bits per heavy atom. The van der Waals surface area contributed by atoms with Crippen LogP contribution < -0.4 is 10.1 Å². The van der Waals surface area contributed by atoms with Gasteiger partial charge in [-0.2, -0.15) is 0 Å². The summed E-state index contributed by atoms with van der Waals surface area (Å²) < 4.78 is 5.11. The van der Waals surface area contributed by atoms with E-state index in [9.17, 15) is 14.4 Å². The van der Waals surface area contributed by atoms with Gasteiger partial charge in [-0.3, -0.25) is 9.59 Å². The molecule has 0 spiro atoms. The summed E-state index contributed by atoms with van der Waals surface area (Å²) in [4.78, 5) is 37.0. The van der Waals surface area contributed by atoms with E-state index in [1.54, 1.807) is 29.2 Å². The summed E-state index contributed by atoms with van der Waals surface area (Å²) in [6, 6.07) is 6.80. The molecule has 0 aromatic heterocycles. The maximum Gasteiger partial charge on any atom is 0.341 e. The quantitative estimate of drug-likeness (QED) is 0.726. The largest absolute Gasteiger partial charge is 0.482 e. The van der Waals surface area contributed by atoms with Crippen LogP contribution >= 0.6 is 0 Å². The molecule has 1 aliphatic heterocycles. The fourth-order valence-electron chi connectivity index (χ4n) is 3.20. The van der Waals surface area contributed by atoms with Crippen molar-refractivity contribution in [1.82, 2.24) is 10.2 Å². The second-order valence-electron chi connectivity index (χ2n) is 6.91. The molecule has 2 atom stereocenters. The number of amides is 2. The SMILES string of the molecule is CCCC(=O)N1CCCC(C(=O)NC(C)c2ccc(OCC(=O)O)cc2)C1. The molecule has 1 heterocycles. The Labute approximate surface area is 159 Å². The molecule has 1 fully saturated rings. The summed E-state index contributed by atoms with van der Waals surface area (Å²) in [6.07, 6.45) is 2.98. The van der Waals surface area contributed by atoms with Gasteiger partial charge < -0.3 is 20.1 Å². The van der Waals surface area contributed by atoms with Crippen molar-refractivity contribution in [2.24, 2.45) is 5.92 Å². The maximum absolute atomic E-state index is 12.6. The third-order valence-corrected chi connectivity index (χ3v) is 4.71. The van der Waals surface area contributed by atoms with E-state index in [1.165, 1.54) is 0 Å². The zero-order valence-electron chi connectivity index (χ0n) is 15.9. The Morgan fingerprint density at radius 1 is 1.30 bits per heavy atom. The number of carboxylic acid groups (broad SMARTS) is 1. The van der Waals surface area contributed by atoms with E-state index in [1.807, 2.05) is 13.8 Å². The van der Waals surface area contributed by atoms with Gasteiger partial charge in [0, 0.05) is 19.5 Å². The van der Waals surface area contributed by atoms with Gasteiger partial charge in [0.25, 0.3) is 0 Å². The Kier molecular flexibility index (Phi) is 7.64. The lowest BCUT2D eigenvalue weighted by Crippen LogP contribution is -2.45. The molecule has 2 unspecified atom stereocenters. The summed E-state index contributed by atoms with van der Waals surface area (Å²) in [7, 11) is 0. The van der Waals surface area contributed by atoms with Crippen LogP contribution in [0.1, 0.15) is 51.1 Å². The second kappa shape index (κ2) is 9.94. The first-order chi connectivity index (χ1) is 12.9. The number of hydrogen-bond donors (Lipinski definition) is 2. The topological polar surface area (TPSA) is 95.9 Å². The minimum Gasteiger partial charge on any atom is -0.482 e. The van der Waals surface area contributed by atoms with Gasteiger partial charge in [0.2, 0.25) is 11.8 Å². The van der Waals surface area contributed by atoms with Crippen molar-refractivity contribution in [3.8, 4) is 5.75 Å². The first-order valence-electron chi connectivity index (χ1n) is 9.43. The fourth-order valence-corrected chi connectivity index (χ4v) is 3.20. The third kappa shape index (κ3) is 6.27. The van der Waals surface area contributed by atoms with Crippen LogP contribution in [0.15, 0.2) is 24.3 Å². The highest BCUT2D eigenvalue weighted by atomic mass is 16.5. The number of piperidine rings is 1. The average Bonchev–Trinajstić information content (AvgIpc) is 2.67. The van der Waals surface area contributed by atoms with Crippen LogP contribution in [0.4, 0.5) is 0 Å². The lowest BCUT2D eigenvalue weighted by molar-refractivity contribution is -0.139. The number of ether oxygens (including phenoxy) is 1. The first-order valence-corrected chi connectivity index (χ1v) is 9.43. The van der Waals surface area contributed by atoms with Gasteiger partial charge in [-0.15, -0.1) is 0 Å². The zero-order chi connectivity index (χ0) is 19.8. The van der Waals surface area contributed by atoms with Gasteiger partial charge >= 0.3 is 5.97 Å². The van der Waals surface area contributed by atoms with E-state index >= 15 is 0 Å². The van der Waals surface area contributed by atoms with E-state index in [4.69, 9.17) is 9.84 Å². The number of nitrogens with zero attached hydrogens (tertiary/aromatic N) is 1. The molecule has 7 nitrogen and oxygen atoms in total. The molecule has 1 saturated heterocycles. The minimum atomic E-state index is -1.03. The van der Waals surface area contributed by atoms with Crippen LogP contribution in [0.25, 0.3) is 0 Å². The minimum absolute atomic E-state index is 0.0392. The van der Waals surface area contributed by atoms with Crippen molar-refractivity contribution in [3.05, 3.63) is 29.8 Å². The highest BCUT2D eigenvalue weighted by Crippen LogP contribution is 2.21. The normalized spacial score (nSPS) is 17.9. The predicted molar refractivity (Wildman–Crippen MR) is 100 cm³/mol. The molecule has 2 rings (SSSR count). The molecule has 27 heavy (non-hydrogen) atoms. The van der Waals surface area contributed by atoms with Gasteiger partial charge in [0.15, 0.2) is 6.61 Å². The van der Waals surface area contributed by atoms with Crippen LogP contribution in [0, 0.1) is 5.92 Å². The smallest absolute Gasteiger partial charge is 0.341 e.